The molecule has 17 heavy (non-hydrogen) atoms. The van der Waals surface area contributed by atoms with E-state index in [1.54, 1.807) is 25.1 Å². The lowest BCUT2D eigenvalue weighted by Gasteiger charge is -2.06. The number of nitrogens with one attached hydrogen (secondary N) is 1. The molecule has 3 N–H and O–H groups in total. The monoisotopic (exact) mass is 236 g/mol. The number of ether oxygens (including phenoxy) is 1. The standard InChI is InChI=1S/C12H16N2O3/c1-3-17-11(15)7-14-12(16)9-4-8(2)5-10(13)6-9/h4-6H,3,7,13H2,1-2H3,(H,14,16). The van der Waals surface area contributed by atoms with Gasteiger partial charge in [-0.25, -0.2) is 0 Å². The fourth-order valence-corrected chi connectivity index (χ4v) is 1.41. The number of nitrogen functional groups attached to an aromatic ring is 1. The van der Waals surface area contributed by atoms with Gasteiger partial charge in [0.05, 0.1) is 6.61 Å². The summed E-state index contributed by atoms with van der Waals surface area (Å²) in [5.74, 6) is -0.796. The Balaban J connectivity index is 2.61. The molecule has 1 rings (SSSR count). The second-order valence-corrected chi connectivity index (χ2v) is 3.62. The van der Waals surface area contributed by atoms with Crippen LogP contribution in [0.2, 0.25) is 0 Å². The van der Waals surface area contributed by atoms with Crippen molar-refractivity contribution in [1.82, 2.24) is 5.32 Å². The molecule has 0 aliphatic heterocycles. The smallest absolute Gasteiger partial charge is 0.325 e. The molecule has 1 amide bonds. The Kier molecular flexibility index (Phi) is 4.51. The minimum absolute atomic E-state index is 0.138. The molecule has 5 nitrogen and oxygen atoms in total. The van der Waals surface area contributed by atoms with Crippen LogP contribution in [0.3, 0.4) is 0 Å². The summed E-state index contributed by atoms with van der Waals surface area (Å²) < 4.78 is 4.70. The van der Waals surface area contributed by atoms with Crippen LogP contribution in [0, 0.1) is 6.92 Å². The third kappa shape index (κ3) is 4.14. The third-order valence-electron chi connectivity index (χ3n) is 2.06. The zero-order chi connectivity index (χ0) is 12.8. The van der Waals surface area contributed by atoms with Gasteiger partial charge in [-0.1, -0.05) is 0 Å². The Hall–Kier alpha value is -2.04. The van der Waals surface area contributed by atoms with Crippen LogP contribution in [0.4, 0.5) is 5.69 Å². The zero-order valence-corrected chi connectivity index (χ0v) is 9.95. The molecule has 0 spiro atoms. The summed E-state index contributed by atoms with van der Waals surface area (Å²) in [6.07, 6.45) is 0. The number of hydrogen-bond acceptors (Lipinski definition) is 4. The largest absolute Gasteiger partial charge is 0.465 e. The first-order valence-electron chi connectivity index (χ1n) is 5.34. The number of carbonyl (C=O) groups is 2. The van der Waals surface area contributed by atoms with Crippen molar-refractivity contribution < 1.29 is 14.3 Å². The molecule has 0 saturated heterocycles. The van der Waals surface area contributed by atoms with E-state index in [-0.39, 0.29) is 12.5 Å². The van der Waals surface area contributed by atoms with E-state index < -0.39 is 5.97 Å². The lowest BCUT2D eigenvalue weighted by molar-refractivity contribution is -0.141. The average molecular weight is 236 g/mol. The third-order valence-corrected chi connectivity index (χ3v) is 2.06. The Bertz CT molecular complexity index is 410. The molecule has 92 valence electrons. The highest BCUT2D eigenvalue weighted by molar-refractivity contribution is 5.96. The van der Waals surface area contributed by atoms with Crippen molar-refractivity contribution in [2.24, 2.45) is 0 Å². The van der Waals surface area contributed by atoms with Gasteiger partial charge in [0, 0.05) is 11.3 Å². The highest BCUT2D eigenvalue weighted by Crippen LogP contribution is 2.10. The van der Waals surface area contributed by atoms with Crippen molar-refractivity contribution in [3.8, 4) is 0 Å². The molecule has 1 aromatic carbocycles. The topological polar surface area (TPSA) is 81.4 Å². The Morgan fingerprint density at radius 3 is 2.65 bits per heavy atom. The van der Waals surface area contributed by atoms with E-state index in [0.29, 0.717) is 17.9 Å². The summed E-state index contributed by atoms with van der Waals surface area (Å²) in [4.78, 5) is 22.7. The average Bonchev–Trinajstić information content (AvgIpc) is 2.25. The Labute approximate surface area is 99.9 Å². The maximum atomic E-state index is 11.7. The summed E-state index contributed by atoms with van der Waals surface area (Å²) >= 11 is 0. The minimum atomic E-state index is -0.457. The van der Waals surface area contributed by atoms with E-state index in [4.69, 9.17) is 10.5 Å². The van der Waals surface area contributed by atoms with E-state index in [9.17, 15) is 9.59 Å². The molecule has 0 aromatic heterocycles. The van der Waals surface area contributed by atoms with Gasteiger partial charge in [0.25, 0.3) is 5.91 Å². The molecule has 0 aliphatic carbocycles. The molecule has 0 radical (unpaired) electrons. The maximum Gasteiger partial charge on any atom is 0.325 e. The van der Waals surface area contributed by atoms with Crippen molar-refractivity contribution in [2.75, 3.05) is 18.9 Å². The summed E-state index contributed by atoms with van der Waals surface area (Å²) in [7, 11) is 0. The second kappa shape index (κ2) is 5.89. The van der Waals surface area contributed by atoms with Crippen LogP contribution in [-0.4, -0.2) is 25.0 Å². The molecule has 0 unspecified atom stereocenters. The van der Waals surface area contributed by atoms with E-state index in [1.165, 1.54) is 0 Å². The molecule has 0 bridgehead atoms. The van der Waals surface area contributed by atoms with Gasteiger partial charge in [-0.05, 0) is 37.6 Å². The van der Waals surface area contributed by atoms with Crippen LogP contribution >= 0.6 is 0 Å². The summed E-state index contributed by atoms with van der Waals surface area (Å²) in [6, 6.07) is 5.03. The van der Waals surface area contributed by atoms with Crippen LogP contribution < -0.4 is 11.1 Å². The van der Waals surface area contributed by atoms with Crippen molar-refractivity contribution in [3.05, 3.63) is 29.3 Å². The van der Waals surface area contributed by atoms with Crippen molar-refractivity contribution in [3.63, 3.8) is 0 Å². The molecule has 5 heteroatoms. The van der Waals surface area contributed by atoms with Gasteiger partial charge in [-0.3, -0.25) is 9.59 Å². The number of esters is 1. The molecule has 0 saturated carbocycles. The van der Waals surface area contributed by atoms with Gasteiger partial charge in [0.2, 0.25) is 0 Å². The minimum Gasteiger partial charge on any atom is -0.465 e. The van der Waals surface area contributed by atoms with Gasteiger partial charge in [0.1, 0.15) is 6.54 Å². The fraction of sp³-hybridized carbons (Fsp3) is 0.333. The van der Waals surface area contributed by atoms with E-state index in [2.05, 4.69) is 5.32 Å². The van der Waals surface area contributed by atoms with Gasteiger partial charge in [0.15, 0.2) is 0 Å². The maximum absolute atomic E-state index is 11.7. The molecule has 1 aromatic rings. The zero-order valence-electron chi connectivity index (χ0n) is 9.95. The van der Waals surface area contributed by atoms with Crippen molar-refractivity contribution >= 4 is 17.6 Å². The fourth-order valence-electron chi connectivity index (χ4n) is 1.41. The quantitative estimate of drug-likeness (QED) is 0.600. The van der Waals surface area contributed by atoms with Crippen LogP contribution in [0.5, 0.6) is 0 Å². The second-order valence-electron chi connectivity index (χ2n) is 3.62. The van der Waals surface area contributed by atoms with Crippen molar-refractivity contribution in [2.45, 2.75) is 13.8 Å². The molecule has 0 aliphatic rings. The van der Waals surface area contributed by atoms with Crippen LogP contribution in [0.1, 0.15) is 22.8 Å². The first kappa shape index (κ1) is 13.0. The lowest BCUT2D eigenvalue weighted by Crippen LogP contribution is -2.30. The summed E-state index contributed by atoms with van der Waals surface area (Å²) in [6.45, 7) is 3.71. The van der Waals surface area contributed by atoms with Gasteiger partial charge >= 0.3 is 5.97 Å². The number of carbonyl (C=O) groups excluding carboxylic acids is 2. The van der Waals surface area contributed by atoms with Gasteiger partial charge in [-0.15, -0.1) is 0 Å². The first-order valence-corrected chi connectivity index (χ1v) is 5.34. The number of hydrogen-bond donors (Lipinski definition) is 2. The van der Waals surface area contributed by atoms with E-state index in [1.807, 2.05) is 6.92 Å². The number of rotatable bonds is 4. The van der Waals surface area contributed by atoms with E-state index in [0.717, 1.165) is 5.56 Å². The molecular formula is C12H16N2O3. The van der Waals surface area contributed by atoms with Crippen LogP contribution in [0.15, 0.2) is 18.2 Å². The van der Waals surface area contributed by atoms with Crippen LogP contribution in [0.25, 0.3) is 0 Å². The summed E-state index contributed by atoms with van der Waals surface area (Å²) in [5, 5.41) is 2.47. The van der Waals surface area contributed by atoms with E-state index >= 15 is 0 Å². The number of anilines is 1. The Morgan fingerprint density at radius 1 is 1.35 bits per heavy atom. The SMILES string of the molecule is CCOC(=O)CNC(=O)c1cc(C)cc(N)c1. The predicted octanol–water partition coefficient (Wildman–Crippen LogP) is 0.870. The molecule has 0 atom stereocenters. The number of benzene rings is 1. The molecular weight excluding hydrogens is 220 g/mol. The molecule has 0 heterocycles. The summed E-state index contributed by atoms with van der Waals surface area (Å²) in [5.41, 5.74) is 7.48. The number of aryl methyl sites for hydroxylation is 1. The number of amides is 1. The number of nitrogens with two attached hydrogens (primary N) is 1. The molecule has 0 fully saturated rings. The first-order chi connectivity index (χ1) is 8.02. The lowest BCUT2D eigenvalue weighted by atomic mass is 10.1. The predicted molar refractivity (Wildman–Crippen MR) is 64.6 cm³/mol. The van der Waals surface area contributed by atoms with Crippen LogP contribution in [-0.2, 0) is 9.53 Å². The highest BCUT2D eigenvalue weighted by Gasteiger charge is 2.09. The normalized spacial score (nSPS) is 9.76. The highest BCUT2D eigenvalue weighted by atomic mass is 16.5. The van der Waals surface area contributed by atoms with Gasteiger partial charge < -0.3 is 15.8 Å². The Morgan fingerprint density at radius 2 is 2.06 bits per heavy atom. The van der Waals surface area contributed by atoms with Gasteiger partial charge in [-0.2, -0.15) is 0 Å². The van der Waals surface area contributed by atoms with Crippen molar-refractivity contribution in [1.29, 1.82) is 0 Å².